The van der Waals surface area contributed by atoms with Gasteiger partial charge in [-0.3, -0.25) is 4.99 Å². The molecular weight excluding hydrogens is 397 g/mol. The van der Waals surface area contributed by atoms with Gasteiger partial charge in [-0.25, -0.2) is 9.07 Å². The average Bonchev–Trinajstić information content (AvgIpc) is 3.09. The lowest BCUT2D eigenvalue weighted by Gasteiger charge is -2.11. The molecule has 0 radical (unpaired) electrons. The summed E-state index contributed by atoms with van der Waals surface area (Å²) >= 11 is 0. The number of aromatic nitrogens is 2. The number of anilines is 1. The van der Waals surface area contributed by atoms with Crippen molar-refractivity contribution < 1.29 is 9.13 Å². The van der Waals surface area contributed by atoms with E-state index in [1.807, 2.05) is 13.8 Å². The van der Waals surface area contributed by atoms with Gasteiger partial charge in [-0.1, -0.05) is 0 Å². The first-order valence-electron chi connectivity index (χ1n) is 10.7. The van der Waals surface area contributed by atoms with Gasteiger partial charge in [-0.2, -0.15) is 10.4 Å². The fraction of sp³-hybridized carbons (Fsp3) is 0.500. The first-order chi connectivity index (χ1) is 15.1. The Morgan fingerprint density at radius 2 is 2.00 bits per heavy atom. The maximum absolute atomic E-state index is 13.2. The van der Waals surface area contributed by atoms with Gasteiger partial charge in [0, 0.05) is 32.8 Å². The maximum Gasteiger partial charge on any atom is 0.191 e. The van der Waals surface area contributed by atoms with E-state index in [1.54, 1.807) is 12.1 Å². The van der Waals surface area contributed by atoms with E-state index < -0.39 is 0 Å². The Kier molecular flexibility index (Phi) is 10.3. The van der Waals surface area contributed by atoms with Crippen molar-refractivity contribution in [2.75, 3.05) is 38.6 Å². The van der Waals surface area contributed by atoms with Crippen molar-refractivity contribution in [1.29, 1.82) is 5.26 Å². The summed E-state index contributed by atoms with van der Waals surface area (Å²) in [5, 5.41) is 20.5. The molecule has 2 rings (SSSR count). The van der Waals surface area contributed by atoms with Gasteiger partial charge in [0.1, 0.15) is 23.3 Å². The molecule has 2 aromatic rings. The van der Waals surface area contributed by atoms with Crippen LogP contribution in [0, 0.1) is 17.1 Å². The van der Waals surface area contributed by atoms with E-state index in [9.17, 15) is 9.65 Å². The molecule has 0 aliphatic carbocycles. The molecule has 0 saturated carbocycles. The molecule has 31 heavy (non-hydrogen) atoms. The first kappa shape index (κ1) is 24.2. The molecule has 0 spiro atoms. The smallest absolute Gasteiger partial charge is 0.191 e. The summed E-state index contributed by atoms with van der Waals surface area (Å²) in [5.41, 5.74) is 7.69. The number of hydrogen-bond donors (Lipinski definition) is 3. The molecule has 0 aliphatic heterocycles. The summed E-state index contributed by atoms with van der Waals surface area (Å²) in [7, 11) is 0. The molecule has 0 aliphatic rings. The fourth-order valence-corrected chi connectivity index (χ4v) is 3.01. The highest BCUT2D eigenvalue weighted by Gasteiger charge is 2.16. The minimum Gasteiger partial charge on any atom is -0.382 e. The minimum atomic E-state index is -0.340. The van der Waals surface area contributed by atoms with Gasteiger partial charge in [-0.05, 0) is 63.8 Å². The normalized spacial score (nSPS) is 11.4. The Balaban J connectivity index is 1.91. The zero-order chi connectivity index (χ0) is 22.5. The molecule has 0 unspecified atom stereocenters. The van der Waals surface area contributed by atoms with Crippen LogP contribution in [-0.4, -0.2) is 48.6 Å². The molecule has 4 N–H and O–H groups in total. The maximum atomic E-state index is 13.2. The highest BCUT2D eigenvalue weighted by atomic mass is 19.1. The van der Waals surface area contributed by atoms with Crippen molar-refractivity contribution in [2.24, 2.45) is 4.99 Å². The number of benzene rings is 1. The van der Waals surface area contributed by atoms with Crippen LogP contribution in [0.25, 0.3) is 5.69 Å². The quantitative estimate of drug-likeness (QED) is 0.272. The number of aryl methyl sites for hydroxylation is 1. The van der Waals surface area contributed by atoms with Crippen LogP contribution in [0.15, 0.2) is 29.3 Å². The van der Waals surface area contributed by atoms with Crippen LogP contribution < -0.4 is 16.4 Å². The Morgan fingerprint density at radius 3 is 2.68 bits per heavy atom. The molecule has 0 saturated heterocycles. The number of nitrogens with one attached hydrogen (secondary N) is 2. The van der Waals surface area contributed by atoms with Gasteiger partial charge < -0.3 is 21.1 Å². The Labute approximate surface area is 183 Å². The number of nitrogens with zero attached hydrogens (tertiary/aromatic N) is 4. The van der Waals surface area contributed by atoms with Crippen molar-refractivity contribution in [1.82, 2.24) is 20.4 Å². The monoisotopic (exact) mass is 429 g/mol. The third kappa shape index (κ3) is 7.57. The highest BCUT2D eigenvalue weighted by Crippen LogP contribution is 2.21. The third-order valence-electron chi connectivity index (χ3n) is 4.57. The summed E-state index contributed by atoms with van der Waals surface area (Å²) in [6, 6.07) is 7.96. The van der Waals surface area contributed by atoms with Crippen LogP contribution in [0.5, 0.6) is 0 Å². The van der Waals surface area contributed by atoms with Crippen LogP contribution in [0.2, 0.25) is 0 Å². The van der Waals surface area contributed by atoms with Gasteiger partial charge in [0.2, 0.25) is 0 Å². The highest BCUT2D eigenvalue weighted by molar-refractivity contribution is 5.79. The molecule has 0 atom stereocenters. The first-order valence-corrected chi connectivity index (χ1v) is 10.7. The van der Waals surface area contributed by atoms with E-state index in [0.29, 0.717) is 29.9 Å². The molecule has 168 valence electrons. The molecule has 1 aromatic carbocycles. The molecule has 1 aromatic heterocycles. The molecule has 0 bridgehead atoms. The summed E-state index contributed by atoms with van der Waals surface area (Å²) in [6.45, 7) is 7.74. The third-order valence-corrected chi connectivity index (χ3v) is 4.57. The number of halogens is 1. The number of hydrogen-bond acceptors (Lipinski definition) is 5. The van der Waals surface area contributed by atoms with Gasteiger partial charge in [0.15, 0.2) is 5.96 Å². The Morgan fingerprint density at radius 1 is 1.23 bits per heavy atom. The van der Waals surface area contributed by atoms with Crippen molar-refractivity contribution in [2.45, 2.75) is 39.5 Å². The minimum absolute atomic E-state index is 0.259. The summed E-state index contributed by atoms with van der Waals surface area (Å²) in [4.78, 5) is 4.59. The summed E-state index contributed by atoms with van der Waals surface area (Å²) in [6.07, 6.45) is 3.30. The molecule has 1 heterocycles. The van der Waals surface area contributed by atoms with Crippen LogP contribution >= 0.6 is 0 Å². The summed E-state index contributed by atoms with van der Waals surface area (Å²) in [5.74, 6) is 0.693. The number of nitrogen functional groups attached to an aromatic ring is 1. The number of rotatable bonds is 12. The van der Waals surface area contributed by atoms with E-state index in [2.05, 4.69) is 26.8 Å². The number of nitriles is 1. The number of guanidine groups is 1. The number of nitrogens with two attached hydrogens (primary N) is 1. The second-order valence-electron chi connectivity index (χ2n) is 6.90. The van der Waals surface area contributed by atoms with Gasteiger partial charge >= 0.3 is 0 Å². The van der Waals surface area contributed by atoms with E-state index in [-0.39, 0.29) is 11.6 Å². The molecule has 9 heteroatoms. The van der Waals surface area contributed by atoms with Crippen molar-refractivity contribution >= 4 is 11.8 Å². The standard InChI is InChI=1S/C22H32FN7O/c1-3-26-22(27-13-5-6-15-31-4-2)28-14-7-8-20-19(16-24)21(25)30(29-20)18-11-9-17(23)10-12-18/h9-12H,3-8,13-15,25H2,1-2H3,(H2,26,27,28). The largest absolute Gasteiger partial charge is 0.382 e. The second kappa shape index (κ2) is 13.2. The lowest BCUT2D eigenvalue weighted by molar-refractivity contribution is 0.143. The predicted octanol–water partition coefficient (Wildman–Crippen LogP) is 2.77. The van der Waals surface area contributed by atoms with E-state index in [1.165, 1.54) is 16.8 Å². The number of ether oxygens (including phenoxy) is 1. The predicted molar refractivity (Wildman–Crippen MR) is 121 cm³/mol. The summed E-state index contributed by atoms with van der Waals surface area (Å²) < 4.78 is 20.0. The molecule has 0 fully saturated rings. The zero-order valence-corrected chi connectivity index (χ0v) is 18.3. The van der Waals surface area contributed by atoms with Crippen LogP contribution in [0.3, 0.4) is 0 Å². The lowest BCUT2D eigenvalue weighted by Crippen LogP contribution is -2.38. The number of aliphatic imine (C=N–C) groups is 1. The Hall–Kier alpha value is -3.12. The van der Waals surface area contributed by atoms with E-state index >= 15 is 0 Å². The van der Waals surface area contributed by atoms with Gasteiger partial charge in [0.05, 0.1) is 11.4 Å². The van der Waals surface area contributed by atoms with Crippen LogP contribution in [-0.2, 0) is 11.2 Å². The van der Waals surface area contributed by atoms with Crippen molar-refractivity contribution in [3.63, 3.8) is 0 Å². The van der Waals surface area contributed by atoms with Gasteiger partial charge in [-0.15, -0.1) is 0 Å². The topological polar surface area (TPSA) is 113 Å². The molecule has 0 amide bonds. The van der Waals surface area contributed by atoms with E-state index in [4.69, 9.17) is 10.5 Å². The van der Waals surface area contributed by atoms with Crippen LogP contribution in [0.1, 0.15) is 44.4 Å². The lowest BCUT2D eigenvalue weighted by atomic mass is 10.1. The Bertz CT molecular complexity index is 871. The zero-order valence-electron chi connectivity index (χ0n) is 18.3. The van der Waals surface area contributed by atoms with Gasteiger partial charge in [0.25, 0.3) is 0 Å². The van der Waals surface area contributed by atoms with Crippen molar-refractivity contribution in [3.8, 4) is 11.8 Å². The average molecular weight is 430 g/mol. The molecular formula is C22H32FN7O. The fourth-order valence-electron chi connectivity index (χ4n) is 3.01. The van der Waals surface area contributed by atoms with Crippen molar-refractivity contribution in [3.05, 3.63) is 41.3 Å². The van der Waals surface area contributed by atoms with Crippen LogP contribution in [0.4, 0.5) is 10.2 Å². The SMILES string of the molecule is CCNC(=NCCCc1nn(-c2ccc(F)cc2)c(N)c1C#N)NCCCCOCC. The second-order valence-corrected chi connectivity index (χ2v) is 6.90. The van der Waals surface area contributed by atoms with E-state index in [0.717, 1.165) is 51.5 Å². The number of unbranched alkanes of at least 4 members (excludes halogenated alkanes) is 1. The molecule has 8 nitrogen and oxygen atoms in total.